The van der Waals surface area contributed by atoms with Gasteiger partial charge in [0.25, 0.3) is 5.91 Å². The Labute approximate surface area is 163 Å². The number of carbonyl (C=O) groups is 1. The van der Waals surface area contributed by atoms with Crippen LogP contribution in [0.1, 0.15) is 23.2 Å². The molecule has 1 saturated heterocycles. The van der Waals surface area contributed by atoms with Crippen LogP contribution in [0.15, 0.2) is 59.5 Å². The molecule has 150 valence electrons. The lowest BCUT2D eigenvalue weighted by molar-refractivity contribution is 0.0695. The molecule has 3 rings (SSSR count). The minimum absolute atomic E-state index is 0.000353. The molecule has 1 fully saturated rings. The molecular formula is C20H22F2N2O3S. The maximum Gasteiger partial charge on any atom is 0.341 e. The van der Waals surface area contributed by atoms with E-state index in [0.29, 0.717) is 25.2 Å². The van der Waals surface area contributed by atoms with Gasteiger partial charge in [-0.15, -0.1) is 0 Å². The highest BCUT2D eigenvalue weighted by Crippen LogP contribution is 2.27. The largest absolute Gasteiger partial charge is 0.384 e. The topological polar surface area (TPSA) is 66.5 Å². The van der Waals surface area contributed by atoms with E-state index >= 15 is 0 Å². The minimum Gasteiger partial charge on any atom is -0.384 e. The molecule has 0 radical (unpaired) electrons. The van der Waals surface area contributed by atoms with Crippen molar-refractivity contribution in [2.75, 3.05) is 25.0 Å². The van der Waals surface area contributed by atoms with Crippen molar-refractivity contribution in [3.63, 3.8) is 0 Å². The third-order valence-electron chi connectivity index (χ3n) is 4.93. The Balaban J connectivity index is 1.58. The molecule has 5 nitrogen and oxygen atoms in total. The first-order valence-electron chi connectivity index (χ1n) is 9.09. The maximum atomic E-state index is 12.9. The van der Waals surface area contributed by atoms with E-state index in [0.717, 1.165) is 12.8 Å². The van der Waals surface area contributed by atoms with Crippen LogP contribution >= 0.6 is 0 Å². The third kappa shape index (κ3) is 4.49. The molecule has 2 aromatic carbocycles. The molecule has 28 heavy (non-hydrogen) atoms. The van der Waals surface area contributed by atoms with E-state index in [4.69, 9.17) is 0 Å². The number of rotatable bonds is 6. The number of para-hydroxylation sites is 1. The fourth-order valence-corrected chi connectivity index (χ4v) is 4.22. The van der Waals surface area contributed by atoms with Gasteiger partial charge in [-0.3, -0.25) is 4.79 Å². The Morgan fingerprint density at radius 1 is 1.04 bits per heavy atom. The average molecular weight is 408 g/mol. The molecule has 1 heterocycles. The van der Waals surface area contributed by atoms with Crippen LogP contribution in [0.5, 0.6) is 0 Å². The van der Waals surface area contributed by atoms with Gasteiger partial charge in [0.05, 0.1) is 10.6 Å². The van der Waals surface area contributed by atoms with Crippen LogP contribution < -0.4 is 5.32 Å². The number of likely N-dealkylation sites (tertiary alicyclic amines) is 1. The molecule has 0 atom stereocenters. The number of nitrogens with zero attached hydrogens (tertiary/aromatic N) is 1. The van der Waals surface area contributed by atoms with Crippen molar-refractivity contribution in [3.05, 3.63) is 60.2 Å². The Kier molecular flexibility index (Phi) is 6.28. The van der Waals surface area contributed by atoms with Crippen molar-refractivity contribution in [2.45, 2.75) is 23.5 Å². The summed E-state index contributed by atoms with van der Waals surface area (Å²) in [5.41, 5.74) is 0.843. The van der Waals surface area contributed by atoms with E-state index in [1.165, 1.54) is 18.2 Å². The van der Waals surface area contributed by atoms with Crippen LogP contribution in [0.4, 0.5) is 14.5 Å². The van der Waals surface area contributed by atoms with Crippen molar-refractivity contribution >= 4 is 21.4 Å². The smallest absolute Gasteiger partial charge is 0.341 e. The Hall–Kier alpha value is -2.48. The number of nitrogens with one attached hydrogen (secondary N) is 1. The van der Waals surface area contributed by atoms with E-state index in [1.54, 1.807) is 23.1 Å². The highest BCUT2D eigenvalue weighted by Gasteiger charge is 2.29. The summed E-state index contributed by atoms with van der Waals surface area (Å²) in [4.78, 5) is 13.9. The molecule has 1 aliphatic heterocycles. The molecule has 1 N–H and O–H groups in total. The summed E-state index contributed by atoms with van der Waals surface area (Å²) in [6.45, 7) is 1.68. The SMILES string of the molecule is O=C(c1ccccc1)N1CCC(CNc2ccccc2S(=O)(=O)C(F)F)CC1. The van der Waals surface area contributed by atoms with Gasteiger partial charge >= 0.3 is 5.76 Å². The summed E-state index contributed by atoms with van der Waals surface area (Å²) >= 11 is 0. The lowest BCUT2D eigenvalue weighted by atomic mass is 9.96. The molecule has 0 spiro atoms. The van der Waals surface area contributed by atoms with Gasteiger partial charge in [0.15, 0.2) is 0 Å². The third-order valence-corrected chi connectivity index (χ3v) is 6.37. The first-order chi connectivity index (χ1) is 13.4. The van der Waals surface area contributed by atoms with Gasteiger partial charge in [-0.05, 0) is 43.0 Å². The molecule has 0 saturated carbocycles. The zero-order valence-corrected chi connectivity index (χ0v) is 16.0. The number of amides is 1. The van der Waals surface area contributed by atoms with Crippen LogP contribution in [-0.2, 0) is 9.84 Å². The van der Waals surface area contributed by atoms with Gasteiger partial charge in [0.1, 0.15) is 0 Å². The number of halogens is 2. The number of hydrogen-bond acceptors (Lipinski definition) is 4. The molecule has 0 unspecified atom stereocenters. The lowest BCUT2D eigenvalue weighted by Crippen LogP contribution is -2.39. The van der Waals surface area contributed by atoms with Gasteiger partial charge in [-0.25, -0.2) is 8.42 Å². The van der Waals surface area contributed by atoms with Crippen molar-refractivity contribution in [2.24, 2.45) is 5.92 Å². The zero-order valence-electron chi connectivity index (χ0n) is 15.2. The average Bonchev–Trinajstić information content (AvgIpc) is 2.73. The van der Waals surface area contributed by atoms with Gasteiger partial charge in [-0.2, -0.15) is 8.78 Å². The Morgan fingerprint density at radius 3 is 2.29 bits per heavy atom. The summed E-state index contributed by atoms with van der Waals surface area (Å²) < 4.78 is 49.4. The second kappa shape index (κ2) is 8.68. The predicted octanol–water partition coefficient (Wildman–Crippen LogP) is 3.65. The number of hydrogen-bond donors (Lipinski definition) is 1. The fourth-order valence-electron chi connectivity index (χ4n) is 3.31. The number of anilines is 1. The number of alkyl halides is 2. The number of benzene rings is 2. The van der Waals surface area contributed by atoms with Crippen LogP contribution in [0.25, 0.3) is 0 Å². The number of sulfone groups is 1. The Bertz CT molecular complexity index is 912. The van der Waals surface area contributed by atoms with E-state index in [1.807, 2.05) is 18.2 Å². The van der Waals surface area contributed by atoms with Crippen LogP contribution in [0.2, 0.25) is 0 Å². The minimum atomic E-state index is -4.66. The van der Waals surface area contributed by atoms with Crippen LogP contribution in [0, 0.1) is 5.92 Å². The predicted molar refractivity (Wildman–Crippen MR) is 103 cm³/mol. The maximum absolute atomic E-state index is 12.9. The van der Waals surface area contributed by atoms with E-state index in [-0.39, 0.29) is 22.4 Å². The summed E-state index contributed by atoms with van der Waals surface area (Å²) in [7, 11) is -4.66. The normalized spacial score (nSPS) is 15.6. The molecule has 8 heteroatoms. The summed E-state index contributed by atoms with van der Waals surface area (Å²) in [6, 6.07) is 14.8. The second-order valence-electron chi connectivity index (χ2n) is 6.78. The van der Waals surface area contributed by atoms with Crippen molar-refractivity contribution in [1.82, 2.24) is 4.90 Å². The molecule has 1 amide bonds. The van der Waals surface area contributed by atoms with Gasteiger partial charge in [0.2, 0.25) is 9.84 Å². The molecule has 1 aliphatic rings. The van der Waals surface area contributed by atoms with E-state index in [2.05, 4.69) is 5.32 Å². The monoisotopic (exact) mass is 408 g/mol. The number of piperidine rings is 1. The molecule has 0 bridgehead atoms. The first-order valence-corrected chi connectivity index (χ1v) is 10.6. The quantitative estimate of drug-likeness (QED) is 0.792. The summed E-state index contributed by atoms with van der Waals surface area (Å²) in [6.07, 6.45) is 1.52. The molecule has 0 aliphatic carbocycles. The molecular weight excluding hydrogens is 386 g/mol. The molecule has 2 aromatic rings. The zero-order chi connectivity index (χ0) is 20.1. The van der Waals surface area contributed by atoms with Crippen molar-refractivity contribution in [3.8, 4) is 0 Å². The standard InChI is InChI=1S/C20H22F2N2O3S/c21-20(22)28(26,27)18-9-5-4-8-17(18)23-14-15-10-12-24(13-11-15)19(25)16-6-2-1-3-7-16/h1-9,15,20,23H,10-14H2. The van der Waals surface area contributed by atoms with Crippen molar-refractivity contribution in [1.29, 1.82) is 0 Å². The first kappa shape index (κ1) is 20.3. The molecule has 0 aromatic heterocycles. The highest BCUT2D eigenvalue weighted by atomic mass is 32.2. The number of carbonyl (C=O) groups excluding carboxylic acids is 1. The van der Waals surface area contributed by atoms with Gasteiger partial charge in [0, 0.05) is 25.2 Å². The van der Waals surface area contributed by atoms with E-state index < -0.39 is 15.6 Å². The van der Waals surface area contributed by atoms with Crippen LogP contribution in [0.3, 0.4) is 0 Å². The van der Waals surface area contributed by atoms with E-state index in [9.17, 15) is 22.0 Å². The summed E-state index contributed by atoms with van der Waals surface area (Å²) in [5.74, 6) is -3.23. The summed E-state index contributed by atoms with van der Waals surface area (Å²) in [5, 5.41) is 3.00. The van der Waals surface area contributed by atoms with Gasteiger partial charge in [-0.1, -0.05) is 30.3 Å². The van der Waals surface area contributed by atoms with Crippen molar-refractivity contribution < 1.29 is 22.0 Å². The van der Waals surface area contributed by atoms with Gasteiger partial charge < -0.3 is 10.2 Å². The van der Waals surface area contributed by atoms with Crippen LogP contribution in [-0.4, -0.2) is 44.6 Å². The Morgan fingerprint density at radius 2 is 1.64 bits per heavy atom. The fraction of sp³-hybridized carbons (Fsp3) is 0.350. The second-order valence-corrected chi connectivity index (χ2v) is 8.67. The highest BCUT2D eigenvalue weighted by molar-refractivity contribution is 7.91. The lowest BCUT2D eigenvalue weighted by Gasteiger charge is -2.32.